The van der Waals surface area contributed by atoms with E-state index in [2.05, 4.69) is 4.98 Å². The molecule has 0 aliphatic heterocycles. The summed E-state index contributed by atoms with van der Waals surface area (Å²) >= 11 is 1.33. The van der Waals surface area contributed by atoms with Gasteiger partial charge in [-0.05, 0) is 18.6 Å². The first kappa shape index (κ1) is 15.5. The smallest absolute Gasteiger partial charge is 0.336 e. The van der Waals surface area contributed by atoms with E-state index >= 15 is 0 Å². The number of amides is 1. The molecular formula is C14H13F3N2OS. The number of carbonyl (C=O) groups excluding carboxylic acids is 1. The van der Waals surface area contributed by atoms with Crippen molar-refractivity contribution in [2.75, 3.05) is 7.05 Å². The molecule has 0 unspecified atom stereocenters. The number of halogens is 3. The lowest BCUT2D eigenvalue weighted by atomic mass is 10.1. The van der Waals surface area contributed by atoms with Gasteiger partial charge in [-0.1, -0.05) is 18.2 Å². The van der Waals surface area contributed by atoms with E-state index in [0.717, 1.165) is 11.1 Å². The molecule has 1 amide bonds. The van der Waals surface area contributed by atoms with Crippen LogP contribution in [-0.2, 0) is 12.7 Å². The van der Waals surface area contributed by atoms with Crippen molar-refractivity contribution >= 4 is 17.2 Å². The zero-order valence-electron chi connectivity index (χ0n) is 11.4. The van der Waals surface area contributed by atoms with Gasteiger partial charge in [-0.2, -0.15) is 13.2 Å². The topological polar surface area (TPSA) is 33.2 Å². The maximum absolute atomic E-state index is 12.9. The summed E-state index contributed by atoms with van der Waals surface area (Å²) in [6.07, 6.45) is -4.43. The van der Waals surface area contributed by atoms with Crippen LogP contribution in [0.4, 0.5) is 13.2 Å². The molecule has 0 saturated carbocycles. The highest BCUT2D eigenvalue weighted by Crippen LogP contribution is 2.32. The molecule has 2 rings (SSSR count). The molecule has 0 aliphatic rings. The van der Waals surface area contributed by atoms with Crippen LogP contribution >= 0.6 is 11.3 Å². The highest BCUT2D eigenvalue weighted by molar-refractivity contribution is 7.09. The van der Waals surface area contributed by atoms with Crippen LogP contribution in [0.5, 0.6) is 0 Å². The molecule has 0 bridgehead atoms. The van der Waals surface area contributed by atoms with Gasteiger partial charge in [0.1, 0.15) is 5.69 Å². The standard InChI is InChI=1S/C14H13F3N2OS/c1-9-18-12(8-21-9)13(20)19(2)7-10-5-3-4-6-11(10)14(15,16)17/h3-6,8H,7H2,1-2H3. The van der Waals surface area contributed by atoms with Gasteiger partial charge in [0.15, 0.2) is 0 Å². The summed E-state index contributed by atoms with van der Waals surface area (Å²) in [6.45, 7) is 1.64. The fourth-order valence-corrected chi connectivity index (χ4v) is 2.51. The van der Waals surface area contributed by atoms with Crippen molar-refractivity contribution in [3.63, 3.8) is 0 Å². The Morgan fingerprint density at radius 3 is 2.57 bits per heavy atom. The summed E-state index contributed by atoms with van der Waals surface area (Å²) in [5.74, 6) is -0.392. The van der Waals surface area contributed by atoms with Crippen molar-refractivity contribution in [3.8, 4) is 0 Å². The van der Waals surface area contributed by atoms with Crippen LogP contribution in [0.3, 0.4) is 0 Å². The van der Waals surface area contributed by atoms with Crippen molar-refractivity contribution in [1.82, 2.24) is 9.88 Å². The summed E-state index contributed by atoms with van der Waals surface area (Å²) in [7, 11) is 1.46. The molecule has 1 aromatic heterocycles. The lowest BCUT2D eigenvalue weighted by Gasteiger charge is -2.19. The average Bonchev–Trinajstić information content (AvgIpc) is 2.84. The fraction of sp³-hybridized carbons (Fsp3) is 0.286. The second-order valence-electron chi connectivity index (χ2n) is 4.57. The Kier molecular flexibility index (Phi) is 4.32. The van der Waals surface area contributed by atoms with E-state index < -0.39 is 17.6 Å². The van der Waals surface area contributed by atoms with E-state index in [1.54, 1.807) is 12.3 Å². The number of rotatable bonds is 3. The lowest BCUT2D eigenvalue weighted by Crippen LogP contribution is -2.27. The van der Waals surface area contributed by atoms with Gasteiger partial charge >= 0.3 is 6.18 Å². The first-order valence-electron chi connectivity index (χ1n) is 6.11. The van der Waals surface area contributed by atoms with Gasteiger partial charge in [0.05, 0.1) is 10.6 Å². The molecule has 0 spiro atoms. The Morgan fingerprint density at radius 2 is 2.00 bits per heavy atom. The first-order valence-corrected chi connectivity index (χ1v) is 6.99. The third-order valence-electron chi connectivity index (χ3n) is 2.92. The van der Waals surface area contributed by atoms with Crippen LogP contribution in [0.1, 0.15) is 26.6 Å². The molecule has 0 saturated heterocycles. The van der Waals surface area contributed by atoms with E-state index in [1.807, 2.05) is 0 Å². The Labute approximate surface area is 124 Å². The van der Waals surface area contributed by atoms with Crippen molar-refractivity contribution in [2.45, 2.75) is 19.6 Å². The number of benzene rings is 1. The van der Waals surface area contributed by atoms with Crippen LogP contribution in [0.15, 0.2) is 29.6 Å². The van der Waals surface area contributed by atoms with Gasteiger partial charge in [-0.3, -0.25) is 4.79 Å². The minimum Gasteiger partial charge on any atom is -0.336 e. The third-order valence-corrected chi connectivity index (χ3v) is 3.69. The normalized spacial score (nSPS) is 11.5. The molecule has 0 radical (unpaired) electrons. The second kappa shape index (κ2) is 5.85. The van der Waals surface area contributed by atoms with E-state index in [-0.39, 0.29) is 17.8 Å². The number of aryl methyl sites for hydroxylation is 1. The van der Waals surface area contributed by atoms with E-state index in [1.165, 1.54) is 41.5 Å². The maximum atomic E-state index is 12.9. The van der Waals surface area contributed by atoms with Crippen molar-refractivity contribution < 1.29 is 18.0 Å². The number of hydrogen-bond acceptors (Lipinski definition) is 3. The lowest BCUT2D eigenvalue weighted by molar-refractivity contribution is -0.138. The summed E-state index contributed by atoms with van der Waals surface area (Å²) in [6, 6.07) is 5.24. The number of thiazole rings is 1. The van der Waals surface area contributed by atoms with E-state index in [4.69, 9.17) is 0 Å². The van der Waals surface area contributed by atoms with Crippen molar-refractivity contribution in [2.24, 2.45) is 0 Å². The molecule has 0 atom stereocenters. The van der Waals surface area contributed by atoms with Crippen LogP contribution < -0.4 is 0 Å². The van der Waals surface area contributed by atoms with Crippen molar-refractivity contribution in [3.05, 3.63) is 51.5 Å². The Bertz CT molecular complexity index is 652. The van der Waals surface area contributed by atoms with Gasteiger partial charge in [-0.15, -0.1) is 11.3 Å². The monoisotopic (exact) mass is 314 g/mol. The molecule has 7 heteroatoms. The minimum absolute atomic E-state index is 0.0628. The second-order valence-corrected chi connectivity index (χ2v) is 5.63. The van der Waals surface area contributed by atoms with Crippen LogP contribution in [0, 0.1) is 6.92 Å². The third kappa shape index (κ3) is 3.60. The summed E-state index contributed by atoms with van der Waals surface area (Å²) in [4.78, 5) is 17.4. The largest absolute Gasteiger partial charge is 0.416 e. The number of carbonyl (C=O) groups is 1. The van der Waals surface area contributed by atoms with Gasteiger partial charge in [0, 0.05) is 19.0 Å². The number of hydrogen-bond donors (Lipinski definition) is 0. The average molecular weight is 314 g/mol. The number of nitrogens with zero attached hydrogens (tertiary/aromatic N) is 2. The summed E-state index contributed by atoms with van der Waals surface area (Å²) < 4.78 is 38.7. The highest BCUT2D eigenvalue weighted by Gasteiger charge is 2.33. The molecule has 112 valence electrons. The van der Waals surface area contributed by atoms with Gasteiger partial charge in [0.25, 0.3) is 5.91 Å². The molecular weight excluding hydrogens is 301 g/mol. The molecule has 1 heterocycles. The number of aromatic nitrogens is 1. The van der Waals surface area contributed by atoms with E-state index in [0.29, 0.717) is 0 Å². The summed E-state index contributed by atoms with van der Waals surface area (Å²) in [5.41, 5.74) is -0.406. The van der Waals surface area contributed by atoms with Crippen LogP contribution in [-0.4, -0.2) is 22.8 Å². The molecule has 3 nitrogen and oxygen atoms in total. The predicted molar refractivity (Wildman–Crippen MR) is 74.1 cm³/mol. The zero-order chi connectivity index (χ0) is 15.6. The molecule has 2 aromatic rings. The van der Waals surface area contributed by atoms with Crippen LogP contribution in [0.25, 0.3) is 0 Å². The minimum atomic E-state index is -4.43. The zero-order valence-corrected chi connectivity index (χ0v) is 12.3. The quantitative estimate of drug-likeness (QED) is 0.864. The summed E-state index contributed by atoms with van der Waals surface area (Å²) in [5, 5.41) is 2.34. The van der Waals surface area contributed by atoms with Gasteiger partial charge < -0.3 is 4.90 Å². The molecule has 0 N–H and O–H groups in total. The van der Waals surface area contributed by atoms with Crippen LogP contribution in [0.2, 0.25) is 0 Å². The molecule has 21 heavy (non-hydrogen) atoms. The van der Waals surface area contributed by atoms with Crippen molar-refractivity contribution in [1.29, 1.82) is 0 Å². The Balaban J connectivity index is 2.20. The molecule has 0 fully saturated rings. The highest BCUT2D eigenvalue weighted by atomic mass is 32.1. The molecule has 0 aliphatic carbocycles. The Hall–Kier alpha value is -1.89. The molecule has 1 aromatic carbocycles. The van der Waals surface area contributed by atoms with Gasteiger partial charge in [0.2, 0.25) is 0 Å². The Morgan fingerprint density at radius 1 is 1.33 bits per heavy atom. The SMILES string of the molecule is Cc1nc(C(=O)N(C)Cc2ccccc2C(F)(F)F)cs1. The van der Waals surface area contributed by atoms with E-state index in [9.17, 15) is 18.0 Å². The van der Waals surface area contributed by atoms with Gasteiger partial charge in [-0.25, -0.2) is 4.98 Å². The first-order chi connectivity index (χ1) is 9.79. The predicted octanol–water partition coefficient (Wildman–Crippen LogP) is 3.74. The number of alkyl halides is 3. The fourth-order valence-electron chi connectivity index (χ4n) is 1.92. The maximum Gasteiger partial charge on any atom is 0.416 e.